The van der Waals surface area contributed by atoms with Crippen molar-refractivity contribution in [3.63, 3.8) is 0 Å². The van der Waals surface area contributed by atoms with E-state index >= 15 is 0 Å². The fourth-order valence-electron chi connectivity index (χ4n) is 3.04. The van der Waals surface area contributed by atoms with E-state index in [0.29, 0.717) is 11.5 Å². The molecular weight excluding hydrogens is 455 g/mol. The number of alkyl halides is 3. The van der Waals surface area contributed by atoms with Crippen LogP contribution in [-0.4, -0.2) is 12.0 Å². The van der Waals surface area contributed by atoms with Crippen LogP contribution >= 0.6 is 11.6 Å². The van der Waals surface area contributed by atoms with E-state index in [-0.39, 0.29) is 23.2 Å². The van der Waals surface area contributed by atoms with Crippen LogP contribution in [0.5, 0.6) is 11.5 Å². The van der Waals surface area contributed by atoms with Gasteiger partial charge in [-0.15, -0.1) is 0 Å². The number of benzene rings is 3. The molecule has 0 amide bonds. The average Bonchev–Trinajstić information content (AvgIpc) is 2.76. The molecule has 0 aliphatic heterocycles. The van der Waals surface area contributed by atoms with Gasteiger partial charge in [0.15, 0.2) is 0 Å². The fourth-order valence-corrected chi connectivity index (χ4v) is 3.28. The number of anilines is 1. The van der Waals surface area contributed by atoms with Crippen molar-refractivity contribution in [2.45, 2.75) is 32.7 Å². The lowest BCUT2D eigenvalue weighted by atomic mass is 10.0. The second-order valence-corrected chi connectivity index (χ2v) is 8.14. The molecular formula is C25H23ClF3NO3. The Morgan fingerprint density at radius 1 is 0.970 bits per heavy atom. The van der Waals surface area contributed by atoms with Crippen molar-refractivity contribution in [2.75, 3.05) is 5.32 Å². The second kappa shape index (κ2) is 10.6. The summed E-state index contributed by atoms with van der Waals surface area (Å²) in [4.78, 5) is 12.7. The van der Waals surface area contributed by atoms with Gasteiger partial charge in [-0.2, -0.15) is 13.2 Å². The summed E-state index contributed by atoms with van der Waals surface area (Å²) in [7, 11) is 0. The maximum Gasteiger partial charge on any atom is 0.416 e. The maximum atomic E-state index is 12.9. The van der Waals surface area contributed by atoms with Gasteiger partial charge in [0.1, 0.15) is 24.1 Å². The van der Waals surface area contributed by atoms with E-state index in [1.54, 1.807) is 38.1 Å². The molecule has 0 aliphatic carbocycles. The number of nitrogens with one attached hydrogen (secondary N) is 1. The number of rotatable bonds is 8. The molecule has 174 valence electrons. The molecule has 0 fully saturated rings. The van der Waals surface area contributed by atoms with Crippen LogP contribution in [0.1, 0.15) is 25.0 Å². The largest absolute Gasteiger partial charge is 0.459 e. The molecule has 4 nitrogen and oxygen atoms in total. The number of hydrogen-bond acceptors (Lipinski definition) is 4. The van der Waals surface area contributed by atoms with Gasteiger partial charge in [-0.25, -0.2) is 4.79 Å². The molecule has 3 aromatic carbocycles. The van der Waals surface area contributed by atoms with Crippen molar-refractivity contribution >= 4 is 23.3 Å². The average molecular weight is 478 g/mol. The molecule has 0 saturated heterocycles. The third-order valence-corrected chi connectivity index (χ3v) is 5.10. The minimum absolute atomic E-state index is 0.0104. The zero-order valence-electron chi connectivity index (χ0n) is 18.0. The molecule has 0 saturated carbocycles. The first-order valence-electron chi connectivity index (χ1n) is 10.3. The van der Waals surface area contributed by atoms with Gasteiger partial charge in [-0.05, 0) is 53.9 Å². The first kappa shape index (κ1) is 24.5. The zero-order valence-corrected chi connectivity index (χ0v) is 18.8. The van der Waals surface area contributed by atoms with Gasteiger partial charge in [0.25, 0.3) is 0 Å². The summed E-state index contributed by atoms with van der Waals surface area (Å²) in [6, 6.07) is 18.6. The Labute approximate surface area is 195 Å². The van der Waals surface area contributed by atoms with Crippen LogP contribution in [0.15, 0.2) is 72.8 Å². The van der Waals surface area contributed by atoms with Crippen molar-refractivity contribution in [3.8, 4) is 11.5 Å². The Morgan fingerprint density at radius 3 is 2.30 bits per heavy atom. The van der Waals surface area contributed by atoms with Gasteiger partial charge in [0, 0.05) is 0 Å². The summed E-state index contributed by atoms with van der Waals surface area (Å²) in [5.74, 6) is 0.535. The highest BCUT2D eigenvalue weighted by atomic mass is 35.5. The maximum absolute atomic E-state index is 12.9. The summed E-state index contributed by atoms with van der Waals surface area (Å²) in [6.07, 6.45) is -4.50. The summed E-state index contributed by atoms with van der Waals surface area (Å²) < 4.78 is 49.9. The van der Waals surface area contributed by atoms with Crippen LogP contribution < -0.4 is 10.1 Å². The van der Waals surface area contributed by atoms with Gasteiger partial charge >= 0.3 is 12.1 Å². The fraction of sp³-hybridized carbons (Fsp3) is 0.240. The van der Waals surface area contributed by atoms with Gasteiger partial charge in [0.2, 0.25) is 0 Å². The lowest BCUT2D eigenvalue weighted by Crippen LogP contribution is -2.36. The molecule has 33 heavy (non-hydrogen) atoms. The third kappa shape index (κ3) is 6.89. The summed E-state index contributed by atoms with van der Waals surface area (Å²) in [5.41, 5.74) is 0.0877. The monoisotopic (exact) mass is 477 g/mol. The first-order valence-corrected chi connectivity index (χ1v) is 10.6. The van der Waals surface area contributed by atoms with E-state index in [1.165, 1.54) is 6.07 Å². The predicted molar refractivity (Wildman–Crippen MR) is 121 cm³/mol. The highest BCUT2D eigenvalue weighted by Gasteiger charge is 2.31. The molecule has 3 rings (SSSR count). The van der Waals surface area contributed by atoms with Crippen LogP contribution in [0, 0.1) is 5.92 Å². The van der Waals surface area contributed by atoms with Crippen molar-refractivity contribution in [1.82, 2.24) is 0 Å². The third-order valence-electron chi connectivity index (χ3n) is 4.79. The van der Waals surface area contributed by atoms with Crippen LogP contribution in [0.2, 0.25) is 5.02 Å². The number of para-hydroxylation sites is 1. The second-order valence-electron chi connectivity index (χ2n) is 7.73. The van der Waals surface area contributed by atoms with Gasteiger partial charge < -0.3 is 14.8 Å². The Hall–Kier alpha value is -3.19. The Kier molecular flexibility index (Phi) is 7.87. The van der Waals surface area contributed by atoms with Crippen LogP contribution in [-0.2, 0) is 22.3 Å². The molecule has 8 heteroatoms. The molecule has 0 heterocycles. The smallest absolute Gasteiger partial charge is 0.416 e. The van der Waals surface area contributed by atoms with Crippen molar-refractivity contribution in [1.29, 1.82) is 0 Å². The lowest BCUT2D eigenvalue weighted by molar-refractivity contribution is -0.147. The number of hydrogen-bond donors (Lipinski definition) is 1. The quantitative estimate of drug-likeness (QED) is 0.345. The topological polar surface area (TPSA) is 47.6 Å². The molecule has 1 unspecified atom stereocenters. The van der Waals surface area contributed by atoms with E-state index in [9.17, 15) is 18.0 Å². The van der Waals surface area contributed by atoms with Gasteiger partial charge in [-0.1, -0.05) is 55.8 Å². The molecule has 1 atom stereocenters. The SMILES string of the molecule is CC(C)C(Nc1ccc(C(F)(F)F)cc1Cl)C(=O)OCc1cccc(Oc2ccccc2)c1. The minimum Gasteiger partial charge on any atom is -0.459 e. The van der Waals surface area contributed by atoms with Crippen LogP contribution in [0.25, 0.3) is 0 Å². The van der Waals surface area contributed by atoms with Crippen LogP contribution in [0.4, 0.5) is 18.9 Å². The van der Waals surface area contributed by atoms with Crippen molar-refractivity contribution in [2.24, 2.45) is 5.92 Å². The first-order chi connectivity index (χ1) is 15.6. The highest BCUT2D eigenvalue weighted by Crippen LogP contribution is 2.34. The number of carbonyl (C=O) groups excluding carboxylic acids is 1. The Balaban J connectivity index is 1.65. The molecule has 0 bridgehead atoms. The van der Waals surface area contributed by atoms with E-state index in [2.05, 4.69) is 5.32 Å². The van der Waals surface area contributed by atoms with E-state index < -0.39 is 23.8 Å². The Bertz CT molecular complexity index is 1090. The van der Waals surface area contributed by atoms with Gasteiger partial charge in [0.05, 0.1) is 16.3 Å². The summed E-state index contributed by atoms with van der Waals surface area (Å²) in [5, 5.41) is 2.78. The molecule has 1 N–H and O–H groups in total. The predicted octanol–water partition coefficient (Wildman–Crippen LogP) is 7.33. The normalized spacial score (nSPS) is 12.3. The number of esters is 1. The summed E-state index contributed by atoms with van der Waals surface area (Å²) >= 11 is 6.02. The van der Waals surface area contributed by atoms with E-state index in [1.807, 2.05) is 30.3 Å². The van der Waals surface area contributed by atoms with Gasteiger partial charge in [-0.3, -0.25) is 0 Å². The van der Waals surface area contributed by atoms with Crippen molar-refractivity contribution < 1.29 is 27.4 Å². The van der Waals surface area contributed by atoms with Crippen LogP contribution in [0.3, 0.4) is 0 Å². The standard InChI is InChI=1S/C25H23ClF3NO3/c1-16(2)23(30-22-12-11-18(14-21(22)26)25(27,28)29)24(31)32-15-17-7-6-10-20(13-17)33-19-8-4-3-5-9-19/h3-14,16,23,30H,15H2,1-2H3. The van der Waals surface area contributed by atoms with Crippen molar-refractivity contribution in [3.05, 3.63) is 88.9 Å². The van der Waals surface area contributed by atoms with E-state index in [4.69, 9.17) is 21.1 Å². The number of carbonyl (C=O) groups is 1. The number of halogens is 4. The lowest BCUT2D eigenvalue weighted by Gasteiger charge is -2.23. The minimum atomic E-state index is -4.50. The summed E-state index contributed by atoms with van der Waals surface area (Å²) in [6.45, 7) is 3.60. The molecule has 0 aromatic heterocycles. The molecule has 0 aliphatic rings. The zero-order chi connectivity index (χ0) is 24.0. The number of ether oxygens (including phenoxy) is 2. The van der Waals surface area contributed by atoms with E-state index in [0.717, 1.165) is 17.7 Å². The Morgan fingerprint density at radius 2 is 1.67 bits per heavy atom. The molecule has 3 aromatic rings. The molecule has 0 radical (unpaired) electrons. The molecule has 0 spiro atoms. The highest BCUT2D eigenvalue weighted by molar-refractivity contribution is 6.33.